The van der Waals surface area contributed by atoms with E-state index in [0.717, 1.165) is 10.4 Å². The summed E-state index contributed by atoms with van der Waals surface area (Å²) in [6, 6.07) is 5.18. The molecule has 1 aliphatic rings. The van der Waals surface area contributed by atoms with Crippen molar-refractivity contribution in [2.75, 3.05) is 13.1 Å². The van der Waals surface area contributed by atoms with Gasteiger partial charge in [0, 0.05) is 54.1 Å². The zero-order chi connectivity index (χ0) is 18.1. The first kappa shape index (κ1) is 17.2. The van der Waals surface area contributed by atoms with Gasteiger partial charge in [-0.1, -0.05) is 11.6 Å². The quantitative estimate of drug-likeness (QED) is 0.725. The van der Waals surface area contributed by atoms with Crippen LogP contribution in [0.25, 0.3) is 10.4 Å². The highest BCUT2D eigenvalue weighted by atomic mass is 35.5. The second-order valence-electron chi connectivity index (χ2n) is 6.28. The number of aromatic amines is 1. The van der Waals surface area contributed by atoms with E-state index < -0.39 is 5.67 Å². The van der Waals surface area contributed by atoms with Gasteiger partial charge in [-0.05, 0) is 18.2 Å². The molecule has 8 heteroatoms. The minimum Gasteiger partial charge on any atom is -0.338 e. The lowest BCUT2D eigenvalue weighted by atomic mass is 9.89. The molecule has 0 unspecified atom stereocenters. The minimum atomic E-state index is -1.59. The van der Waals surface area contributed by atoms with Gasteiger partial charge in [-0.25, -0.2) is 4.39 Å². The van der Waals surface area contributed by atoms with E-state index in [4.69, 9.17) is 11.6 Å². The average molecular weight is 391 g/mol. The molecular weight excluding hydrogens is 375 g/mol. The molecule has 1 aliphatic heterocycles. The van der Waals surface area contributed by atoms with Crippen LogP contribution >= 0.6 is 22.9 Å². The van der Waals surface area contributed by atoms with Crippen LogP contribution in [0.4, 0.5) is 4.39 Å². The fourth-order valence-corrected chi connectivity index (χ4v) is 4.34. The van der Waals surface area contributed by atoms with Gasteiger partial charge in [0.1, 0.15) is 0 Å². The van der Waals surface area contributed by atoms with Crippen LogP contribution in [0, 0.1) is 0 Å². The van der Waals surface area contributed by atoms with Crippen molar-refractivity contribution in [3.63, 3.8) is 0 Å². The summed E-state index contributed by atoms with van der Waals surface area (Å²) in [5.41, 5.74) is 0.242. The first-order valence-electron chi connectivity index (χ1n) is 8.24. The van der Waals surface area contributed by atoms with Gasteiger partial charge in [0.15, 0.2) is 5.67 Å². The maximum atomic E-state index is 15.3. The average Bonchev–Trinajstić information content (AvgIpc) is 3.33. The Morgan fingerprint density at radius 3 is 2.88 bits per heavy atom. The van der Waals surface area contributed by atoms with Gasteiger partial charge in [0.25, 0.3) is 5.91 Å². The van der Waals surface area contributed by atoms with Gasteiger partial charge < -0.3 is 4.90 Å². The third-order valence-corrected chi connectivity index (χ3v) is 5.94. The normalized spacial score (nSPS) is 16.6. The number of likely N-dealkylation sites (tertiary alicyclic amines) is 1. The molecule has 1 saturated heterocycles. The number of pyridine rings is 1. The molecule has 3 aromatic rings. The molecule has 0 radical (unpaired) electrons. The van der Waals surface area contributed by atoms with E-state index >= 15 is 4.39 Å². The Hall–Kier alpha value is -2.25. The van der Waals surface area contributed by atoms with E-state index in [1.54, 1.807) is 35.6 Å². The van der Waals surface area contributed by atoms with E-state index in [1.165, 1.54) is 11.3 Å². The molecule has 0 spiro atoms. The lowest BCUT2D eigenvalue weighted by Crippen LogP contribution is -2.43. The van der Waals surface area contributed by atoms with Crippen molar-refractivity contribution in [2.45, 2.75) is 18.5 Å². The Labute approximate surface area is 158 Å². The fourth-order valence-electron chi connectivity index (χ4n) is 3.18. The SMILES string of the molecule is O=C(c1csc(-c2cn[nH]c2)c1)N1CCC(F)(c2ncccc2Cl)CC1. The fraction of sp³-hybridized carbons (Fsp3) is 0.278. The van der Waals surface area contributed by atoms with Crippen LogP contribution < -0.4 is 0 Å². The molecule has 0 atom stereocenters. The number of H-pyrrole nitrogens is 1. The Bertz CT molecular complexity index is 919. The van der Waals surface area contributed by atoms with E-state index in [1.807, 2.05) is 11.4 Å². The Morgan fingerprint density at radius 2 is 2.19 bits per heavy atom. The van der Waals surface area contributed by atoms with Gasteiger partial charge in [-0.3, -0.25) is 14.9 Å². The van der Waals surface area contributed by atoms with Crippen LogP contribution in [-0.4, -0.2) is 39.1 Å². The second kappa shape index (κ2) is 6.81. The number of rotatable bonds is 3. The molecule has 4 rings (SSSR count). The van der Waals surface area contributed by atoms with Crippen LogP contribution in [0.15, 0.2) is 42.2 Å². The lowest BCUT2D eigenvalue weighted by molar-refractivity contribution is 0.0403. The van der Waals surface area contributed by atoms with Crippen molar-refractivity contribution >= 4 is 28.8 Å². The maximum Gasteiger partial charge on any atom is 0.254 e. The number of hydrogen-bond donors (Lipinski definition) is 1. The zero-order valence-corrected chi connectivity index (χ0v) is 15.4. The number of carbonyl (C=O) groups excluding carboxylic acids is 1. The van der Waals surface area contributed by atoms with Crippen LogP contribution in [0.1, 0.15) is 28.9 Å². The lowest BCUT2D eigenvalue weighted by Gasteiger charge is -2.36. The van der Waals surface area contributed by atoms with Gasteiger partial charge in [0.2, 0.25) is 0 Å². The summed E-state index contributed by atoms with van der Waals surface area (Å²) in [6.45, 7) is 0.665. The molecule has 3 aromatic heterocycles. The highest BCUT2D eigenvalue weighted by molar-refractivity contribution is 7.13. The van der Waals surface area contributed by atoms with Crippen LogP contribution in [0.3, 0.4) is 0 Å². The van der Waals surface area contributed by atoms with Gasteiger partial charge in [0.05, 0.1) is 22.5 Å². The monoisotopic (exact) mass is 390 g/mol. The molecule has 5 nitrogen and oxygen atoms in total. The predicted octanol–water partition coefficient (Wildman–Crippen LogP) is 4.29. The highest BCUT2D eigenvalue weighted by Gasteiger charge is 2.40. The van der Waals surface area contributed by atoms with Crippen molar-refractivity contribution < 1.29 is 9.18 Å². The molecule has 0 aliphatic carbocycles. The molecule has 134 valence electrons. The molecule has 1 amide bonds. The number of alkyl halides is 1. The van der Waals surface area contributed by atoms with Crippen LogP contribution in [0.2, 0.25) is 5.02 Å². The molecule has 0 saturated carbocycles. The maximum absolute atomic E-state index is 15.3. The van der Waals surface area contributed by atoms with Crippen molar-refractivity contribution in [2.24, 2.45) is 0 Å². The number of halogens is 2. The van der Waals surface area contributed by atoms with Crippen molar-refractivity contribution in [1.82, 2.24) is 20.1 Å². The van der Waals surface area contributed by atoms with Crippen molar-refractivity contribution in [3.8, 4) is 10.4 Å². The molecule has 0 bridgehead atoms. The summed E-state index contributed by atoms with van der Waals surface area (Å²) in [5.74, 6) is -0.0786. The zero-order valence-electron chi connectivity index (χ0n) is 13.8. The summed E-state index contributed by atoms with van der Waals surface area (Å²) in [6.07, 6.45) is 5.43. The second-order valence-corrected chi connectivity index (χ2v) is 7.60. The van der Waals surface area contributed by atoms with E-state index in [0.29, 0.717) is 23.7 Å². The van der Waals surface area contributed by atoms with Crippen LogP contribution in [0.5, 0.6) is 0 Å². The number of amides is 1. The summed E-state index contributed by atoms with van der Waals surface area (Å²) >= 11 is 7.59. The predicted molar refractivity (Wildman–Crippen MR) is 99.1 cm³/mol. The van der Waals surface area contributed by atoms with E-state index in [2.05, 4.69) is 15.2 Å². The van der Waals surface area contributed by atoms with Crippen molar-refractivity contribution in [1.29, 1.82) is 0 Å². The summed E-state index contributed by atoms with van der Waals surface area (Å²) in [4.78, 5) is 19.5. The number of hydrogen-bond acceptors (Lipinski definition) is 4. The molecule has 4 heterocycles. The molecular formula is C18H16ClFN4OS. The number of aromatic nitrogens is 3. The number of nitrogens with one attached hydrogen (secondary N) is 1. The Kier molecular flexibility index (Phi) is 4.50. The third-order valence-electron chi connectivity index (χ3n) is 4.66. The standard InChI is InChI=1S/C18H16ClFN4OS/c19-14-2-1-5-21-16(14)18(20)3-6-24(7-4-18)17(25)12-8-15(26-11-12)13-9-22-23-10-13/h1-2,5,8-11H,3-4,6-7H2,(H,22,23). The van der Waals surface area contributed by atoms with E-state index in [-0.39, 0.29) is 24.4 Å². The summed E-state index contributed by atoms with van der Waals surface area (Å²) in [7, 11) is 0. The molecule has 1 N–H and O–H groups in total. The first-order valence-corrected chi connectivity index (χ1v) is 9.49. The van der Waals surface area contributed by atoms with Gasteiger partial charge >= 0.3 is 0 Å². The summed E-state index contributed by atoms with van der Waals surface area (Å²) < 4.78 is 15.3. The Morgan fingerprint density at radius 1 is 1.38 bits per heavy atom. The smallest absolute Gasteiger partial charge is 0.254 e. The van der Waals surface area contributed by atoms with Crippen LogP contribution in [-0.2, 0) is 5.67 Å². The molecule has 0 aromatic carbocycles. The van der Waals surface area contributed by atoms with Crippen molar-refractivity contribution in [3.05, 3.63) is 58.4 Å². The largest absolute Gasteiger partial charge is 0.338 e. The molecule has 1 fully saturated rings. The Balaban J connectivity index is 1.46. The number of nitrogens with zero attached hydrogens (tertiary/aromatic N) is 3. The highest BCUT2D eigenvalue weighted by Crippen LogP contribution is 2.39. The number of carbonyl (C=O) groups is 1. The molecule has 26 heavy (non-hydrogen) atoms. The van der Waals surface area contributed by atoms with Gasteiger partial charge in [-0.15, -0.1) is 11.3 Å². The van der Waals surface area contributed by atoms with Gasteiger partial charge in [-0.2, -0.15) is 5.10 Å². The third kappa shape index (κ3) is 3.12. The first-order chi connectivity index (χ1) is 12.6. The minimum absolute atomic E-state index is 0.0786. The summed E-state index contributed by atoms with van der Waals surface area (Å²) in [5, 5.41) is 8.85. The topological polar surface area (TPSA) is 61.9 Å². The van der Waals surface area contributed by atoms with E-state index in [9.17, 15) is 4.79 Å². The number of piperidine rings is 1. The number of thiophene rings is 1.